The minimum Gasteiger partial charge on any atom is -0.496 e. The zero-order chi connectivity index (χ0) is 16.5. The summed E-state index contributed by atoms with van der Waals surface area (Å²) in [4.78, 5) is 4.85. The molecule has 3 heterocycles. The number of rotatable bonds is 3. The Balaban J connectivity index is 1.79. The van der Waals surface area contributed by atoms with E-state index in [1.807, 2.05) is 18.2 Å². The zero-order valence-corrected chi connectivity index (χ0v) is 14.2. The Morgan fingerprint density at radius 1 is 1.17 bits per heavy atom. The summed E-state index contributed by atoms with van der Waals surface area (Å²) in [6.07, 6.45) is 6.78. The average Bonchev–Trinajstić information content (AvgIpc) is 3.07. The van der Waals surface area contributed by atoms with Crippen LogP contribution in [0.3, 0.4) is 0 Å². The molecule has 0 saturated carbocycles. The largest absolute Gasteiger partial charge is 0.496 e. The number of imidazole rings is 1. The van der Waals surface area contributed by atoms with Crippen LogP contribution in [0.4, 0.5) is 0 Å². The molecule has 0 aliphatic carbocycles. The van der Waals surface area contributed by atoms with Gasteiger partial charge < -0.3 is 14.5 Å². The number of piperidine rings is 1. The zero-order valence-electron chi connectivity index (χ0n) is 14.2. The molecule has 0 spiro atoms. The van der Waals surface area contributed by atoms with Crippen molar-refractivity contribution in [3.05, 3.63) is 53.9 Å². The maximum Gasteiger partial charge on any atom is 0.140 e. The van der Waals surface area contributed by atoms with Crippen molar-refractivity contribution in [3.8, 4) is 17.0 Å². The highest BCUT2D eigenvalue weighted by Gasteiger charge is 2.18. The number of ether oxygens (including phenoxy) is 1. The summed E-state index contributed by atoms with van der Waals surface area (Å²) in [5.74, 6) is 1.50. The molecule has 4 nitrogen and oxygen atoms in total. The third kappa shape index (κ3) is 2.67. The number of nitrogens with one attached hydrogen (secondary N) is 1. The molecule has 0 amide bonds. The number of pyridine rings is 1. The Morgan fingerprint density at radius 3 is 2.75 bits per heavy atom. The number of hydrogen-bond acceptors (Lipinski definition) is 3. The van der Waals surface area contributed by atoms with E-state index in [0.717, 1.165) is 35.7 Å². The lowest BCUT2D eigenvalue weighted by molar-refractivity contribution is 0.416. The Morgan fingerprint density at radius 2 is 1.96 bits per heavy atom. The summed E-state index contributed by atoms with van der Waals surface area (Å²) in [6, 6.07) is 10.4. The molecule has 0 unspecified atom stereocenters. The Kier molecular flexibility index (Phi) is 3.98. The van der Waals surface area contributed by atoms with Gasteiger partial charge in [0.1, 0.15) is 11.4 Å². The molecule has 1 aliphatic rings. The maximum atomic E-state index is 5.49. The molecule has 3 aromatic rings. The fourth-order valence-corrected chi connectivity index (χ4v) is 3.66. The van der Waals surface area contributed by atoms with Crippen LogP contribution in [0.2, 0.25) is 0 Å². The third-order valence-electron chi connectivity index (χ3n) is 4.95. The second kappa shape index (κ2) is 6.29. The predicted octanol–water partition coefficient (Wildman–Crippen LogP) is 3.79. The monoisotopic (exact) mass is 321 g/mol. The van der Waals surface area contributed by atoms with Crippen LogP contribution >= 0.6 is 0 Å². The predicted molar refractivity (Wildman–Crippen MR) is 96.8 cm³/mol. The van der Waals surface area contributed by atoms with Crippen LogP contribution in [0, 0.1) is 6.92 Å². The molecular weight excluding hydrogens is 298 g/mol. The van der Waals surface area contributed by atoms with Crippen LogP contribution in [-0.4, -0.2) is 29.6 Å². The van der Waals surface area contributed by atoms with Gasteiger partial charge in [-0.2, -0.15) is 0 Å². The topological polar surface area (TPSA) is 38.6 Å². The van der Waals surface area contributed by atoms with Crippen LogP contribution < -0.4 is 10.1 Å². The number of aryl methyl sites for hydroxylation is 1. The summed E-state index contributed by atoms with van der Waals surface area (Å²) in [6.45, 7) is 4.37. The van der Waals surface area contributed by atoms with Gasteiger partial charge in [0, 0.05) is 18.0 Å². The molecule has 1 saturated heterocycles. The number of fused-ring (bicyclic) bond motifs is 1. The van der Waals surface area contributed by atoms with E-state index < -0.39 is 0 Å². The van der Waals surface area contributed by atoms with Gasteiger partial charge in [-0.3, -0.25) is 0 Å². The second-order valence-corrected chi connectivity index (χ2v) is 6.54. The van der Waals surface area contributed by atoms with Crippen LogP contribution in [0.1, 0.15) is 29.9 Å². The first-order chi connectivity index (χ1) is 11.8. The Hall–Kier alpha value is -2.33. The van der Waals surface area contributed by atoms with E-state index in [1.165, 1.54) is 24.0 Å². The number of para-hydroxylation sites is 1. The van der Waals surface area contributed by atoms with Crippen molar-refractivity contribution < 1.29 is 4.74 Å². The number of methoxy groups -OCH3 is 1. The molecule has 1 aromatic carbocycles. The van der Waals surface area contributed by atoms with Crippen molar-refractivity contribution in [2.45, 2.75) is 25.7 Å². The quantitative estimate of drug-likeness (QED) is 0.798. The number of hydrogen-bond donors (Lipinski definition) is 1. The standard InChI is InChI=1S/C20H23N3O/c1-14-11-16(15-7-9-21-10-8-15)12-23-13-18(22-20(14)23)17-5-3-4-6-19(17)24-2/h3-6,11-13,15,21H,7-10H2,1-2H3. The lowest BCUT2D eigenvalue weighted by Crippen LogP contribution is -2.26. The molecule has 2 aromatic heterocycles. The molecule has 0 bridgehead atoms. The molecule has 0 atom stereocenters. The summed E-state index contributed by atoms with van der Waals surface area (Å²) in [5.41, 5.74) is 5.66. The van der Waals surface area contributed by atoms with Gasteiger partial charge in [-0.1, -0.05) is 18.2 Å². The first kappa shape index (κ1) is 15.2. The van der Waals surface area contributed by atoms with Crippen LogP contribution in [-0.2, 0) is 0 Å². The summed E-state index contributed by atoms with van der Waals surface area (Å²) < 4.78 is 7.66. The number of benzene rings is 1. The van der Waals surface area contributed by atoms with Crippen LogP contribution in [0.5, 0.6) is 5.75 Å². The van der Waals surface area contributed by atoms with Gasteiger partial charge in [0.15, 0.2) is 0 Å². The van der Waals surface area contributed by atoms with E-state index in [9.17, 15) is 0 Å². The molecule has 4 heteroatoms. The summed E-state index contributed by atoms with van der Waals surface area (Å²) in [5, 5.41) is 3.44. The smallest absolute Gasteiger partial charge is 0.140 e. The van der Waals surface area contributed by atoms with E-state index in [0.29, 0.717) is 5.92 Å². The minimum atomic E-state index is 0.645. The molecule has 1 N–H and O–H groups in total. The van der Waals surface area contributed by atoms with Gasteiger partial charge in [0.25, 0.3) is 0 Å². The highest BCUT2D eigenvalue weighted by Crippen LogP contribution is 2.31. The molecule has 1 aliphatic heterocycles. The van der Waals surface area contributed by atoms with Gasteiger partial charge in [-0.05, 0) is 62.0 Å². The van der Waals surface area contributed by atoms with Crippen molar-refractivity contribution in [2.24, 2.45) is 0 Å². The van der Waals surface area contributed by atoms with Crippen molar-refractivity contribution in [3.63, 3.8) is 0 Å². The van der Waals surface area contributed by atoms with Crippen LogP contribution in [0.15, 0.2) is 42.7 Å². The summed E-state index contributed by atoms with van der Waals surface area (Å²) in [7, 11) is 1.70. The van der Waals surface area contributed by atoms with E-state index in [4.69, 9.17) is 9.72 Å². The molecular formula is C20H23N3O. The minimum absolute atomic E-state index is 0.645. The normalized spacial score (nSPS) is 15.8. The molecule has 4 rings (SSSR count). The Labute approximate surface area is 142 Å². The van der Waals surface area contributed by atoms with Crippen molar-refractivity contribution >= 4 is 5.65 Å². The first-order valence-corrected chi connectivity index (χ1v) is 8.59. The summed E-state index contributed by atoms with van der Waals surface area (Å²) >= 11 is 0. The van der Waals surface area contributed by atoms with Crippen molar-refractivity contribution in [2.75, 3.05) is 20.2 Å². The van der Waals surface area contributed by atoms with Gasteiger partial charge in [0.05, 0.1) is 12.8 Å². The SMILES string of the molecule is COc1ccccc1-c1cn2cc(C3CCNCC3)cc(C)c2n1. The van der Waals surface area contributed by atoms with E-state index in [2.05, 4.69) is 41.2 Å². The number of nitrogens with zero attached hydrogens (tertiary/aromatic N) is 2. The molecule has 0 radical (unpaired) electrons. The lowest BCUT2D eigenvalue weighted by atomic mass is 9.91. The fraction of sp³-hybridized carbons (Fsp3) is 0.350. The second-order valence-electron chi connectivity index (χ2n) is 6.54. The fourth-order valence-electron chi connectivity index (χ4n) is 3.66. The van der Waals surface area contributed by atoms with E-state index >= 15 is 0 Å². The van der Waals surface area contributed by atoms with Gasteiger partial charge in [0.2, 0.25) is 0 Å². The maximum absolute atomic E-state index is 5.49. The van der Waals surface area contributed by atoms with E-state index in [-0.39, 0.29) is 0 Å². The van der Waals surface area contributed by atoms with Crippen molar-refractivity contribution in [1.29, 1.82) is 0 Å². The molecule has 24 heavy (non-hydrogen) atoms. The van der Waals surface area contributed by atoms with Gasteiger partial charge >= 0.3 is 0 Å². The molecule has 124 valence electrons. The van der Waals surface area contributed by atoms with Gasteiger partial charge in [-0.15, -0.1) is 0 Å². The van der Waals surface area contributed by atoms with E-state index in [1.54, 1.807) is 7.11 Å². The highest BCUT2D eigenvalue weighted by molar-refractivity contribution is 5.70. The molecule has 1 fully saturated rings. The van der Waals surface area contributed by atoms with Gasteiger partial charge in [-0.25, -0.2) is 4.98 Å². The first-order valence-electron chi connectivity index (χ1n) is 8.59. The Bertz CT molecular complexity index is 862. The van der Waals surface area contributed by atoms with Crippen molar-refractivity contribution in [1.82, 2.24) is 14.7 Å². The highest BCUT2D eigenvalue weighted by atomic mass is 16.5. The average molecular weight is 321 g/mol. The third-order valence-corrected chi connectivity index (χ3v) is 4.95. The lowest BCUT2D eigenvalue weighted by Gasteiger charge is -2.23. The number of aromatic nitrogens is 2. The van der Waals surface area contributed by atoms with Crippen LogP contribution in [0.25, 0.3) is 16.9 Å².